The summed E-state index contributed by atoms with van der Waals surface area (Å²) in [5, 5.41) is 2.51. The Morgan fingerprint density at radius 3 is 2.81 bits per heavy atom. The van der Waals surface area contributed by atoms with Crippen molar-refractivity contribution in [1.82, 2.24) is 15.3 Å². The van der Waals surface area contributed by atoms with Gasteiger partial charge in [0.1, 0.15) is 23.5 Å². The summed E-state index contributed by atoms with van der Waals surface area (Å²) < 4.78 is 5.42. The van der Waals surface area contributed by atoms with Gasteiger partial charge < -0.3 is 9.73 Å². The van der Waals surface area contributed by atoms with E-state index in [2.05, 4.69) is 15.3 Å². The van der Waals surface area contributed by atoms with E-state index in [0.717, 1.165) is 5.76 Å². The van der Waals surface area contributed by atoms with Crippen LogP contribution in [-0.2, 0) is 0 Å². The molecule has 2 aromatic rings. The molecule has 0 bridgehead atoms. The molecule has 0 unspecified atom stereocenters. The number of hydrogen-bond acceptors (Lipinski definition) is 4. The normalized spacial score (nSPS) is 10.1. The van der Waals surface area contributed by atoms with Crippen LogP contribution in [0, 0.1) is 6.92 Å². The predicted octanol–water partition coefficient (Wildman–Crippen LogP) is 1.40. The number of aryl methyl sites for hydroxylation is 1. The highest BCUT2D eigenvalue weighted by Gasteiger charge is 2.09. The van der Waals surface area contributed by atoms with E-state index in [0.29, 0.717) is 17.1 Å². The number of aromatic nitrogens is 2. The molecule has 0 aliphatic rings. The lowest BCUT2D eigenvalue weighted by atomic mass is 10.2. The molecule has 0 saturated heterocycles. The van der Waals surface area contributed by atoms with Crippen LogP contribution in [-0.4, -0.2) is 22.9 Å². The maximum atomic E-state index is 11.4. The summed E-state index contributed by atoms with van der Waals surface area (Å²) in [7, 11) is 1.56. The Labute approximate surface area is 92.5 Å². The first-order valence-electron chi connectivity index (χ1n) is 4.81. The Bertz CT molecular complexity index is 519. The first-order valence-corrected chi connectivity index (χ1v) is 4.81. The molecular formula is C11H11N3O2. The zero-order chi connectivity index (χ0) is 11.5. The average Bonchev–Trinajstić information content (AvgIpc) is 2.75. The summed E-state index contributed by atoms with van der Waals surface area (Å²) in [5.41, 5.74) is 0.920. The largest absolute Gasteiger partial charge is 0.460 e. The van der Waals surface area contributed by atoms with Crippen LogP contribution < -0.4 is 5.32 Å². The lowest BCUT2D eigenvalue weighted by Gasteiger charge is -2.00. The smallest absolute Gasteiger partial charge is 0.269 e. The molecule has 1 amide bonds. The Kier molecular flexibility index (Phi) is 2.68. The Morgan fingerprint density at radius 2 is 2.19 bits per heavy atom. The van der Waals surface area contributed by atoms with Crippen LogP contribution >= 0.6 is 0 Å². The second kappa shape index (κ2) is 4.14. The molecule has 82 valence electrons. The zero-order valence-electron chi connectivity index (χ0n) is 9.02. The Morgan fingerprint density at radius 1 is 1.38 bits per heavy atom. The molecule has 0 atom stereocenters. The van der Waals surface area contributed by atoms with Crippen molar-refractivity contribution in [2.45, 2.75) is 6.92 Å². The van der Waals surface area contributed by atoms with Crippen molar-refractivity contribution in [3.8, 4) is 11.5 Å². The lowest BCUT2D eigenvalue weighted by molar-refractivity contribution is 0.0958. The predicted molar refractivity (Wildman–Crippen MR) is 57.9 cm³/mol. The zero-order valence-corrected chi connectivity index (χ0v) is 9.02. The molecule has 2 aromatic heterocycles. The third-order valence-corrected chi connectivity index (χ3v) is 2.12. The molecule has 1 N–H and O–H groups in total. The van der Waals surface area contributed by atoms with Crippen molar-refractivity contribution in [2.75, 3.05) is 7.05 Å². The summed E-state index contributed by atoms with van der Waals surface area (Å²) in [5.74, 6) is 1.19. The van der Waals surface area contributed by atoms with Crippen LogP contribution in [0.4, 0.5) is 0 Å². The van der Waals surface area contributed by atoms with Crippen LogP contribution in [0.3, 0.4) is 0 Å². The van der Waals surface area contributed by atoms with Gasteiger partial charge in [-0.3, -0.25) is 4.79 Å². The van der Waals surface area contributed by atoms with Crippen molar-refractivity contribution in [2.24, 2.45) is 0 Å². The summed E-state index contributed by atoms with van der Waals surface area (Å²) in [6.45, 7) is 1.85. The molecule has 0 fully saturated rings. The second-order valence-corrected chi connectivity index (χ2v) is 3.28. The Balaban J connectivity index is 2.39. The van der Waals surface area contributed by atoms with Crippen molar-refractivity contribution in [1.29, 1.82) is 0 Å². The molecule has 0 radical (unpaired) electrons. The lowest BCUT2D eigenvalue weighted by Crippen LogP contribution is -2.19. The Hall–Kier alpha value is -2.17. The molecule has 0 saturated carbocycles. The molecule has 16 heavy (non-hydrogen) atoms. The minimum Gasteiger partial charge on any atom is -0.460 e. The number of nitrogens with zero attached hydrogens (tertiary/aromatic N) is 2. The molecule has 5 heteroatoms. The molecular weight excluding hydrogens is 206 g/mol. The van der Waals surface area contributed by atoms with Crippen molar-refractivity contribution >= 4 is 5.91 Å². The fourth-order valence-corrected chi connectivity index (χ4v) is 1.32. The number of carbonyl (C=O) groups excluding carboxylic acids is 1. The highest BCUT2D eigenvalue weighted by Crippen LogP contribution is 2.19. The van der Waals surface area contributed by atoms with Gasteiger partial charge in [0.25, 0.3) is 5.91 Å². The molecule has 5 nitrogen and oxygen atoms in total. The van der Waals surface area contributed by atoms with E-state index in [9.17, 15) is 4.79 Å². The van der Waals surface area contributed by atoms with Gasteiger partial charge in [0.15, 0.2) is 5.76 Å². The summed E-state index contributed by atoms with van der Waals surface area (Å²) in [6.07, 6.45) is 1.34. The van der Waals surface area contributed by atoms with E-state index in [1.807, 2.05) is 19.1 Å². The van der Waals surface area contributed by atoms with E-state index in [-0.39, 0.29) is 5.91 Å². The van der Waals surface area contributed by atoms with E-state index in [1.54, 1.807) is 13.1 Å². The van der Waals surface area contributed by atoms with Gasteiger partial charge in [0.05, 0.1) is 0 Å². The summed E-state index contributed by atoms with van der Waals surface area (Å²) in [4.78, 5) is 19.3. The summed E-state index contributed by atoms with van der Waals surface area (Å²) >= 11 is 0. The van der Waals surface area contributed by atoms with Gasteiger partial charge >= 0.3 is 0 Å². The van der Waals surface area contributed by atoms with Gasteiger partial charge in [0, 0.05) is 7.05 Å². The maximum Gasteiger partial charge on any atom is 0.269 e. The van der Waals surface area contributed by atoms with E-state index in [1.165, 1.54) is 6.33 Å². The number of furan rings is 1. The number of nitrogens with one attached hydrogen (secondary N) is 1. The van der Waals surface area contributed by atoms with Crippen LogP contribution in [0.15, 0.2) is 28.9 Å². The van der Waals surface area contributed by atoms with E-state index in [4.69, 9.17) is 4.42 Å². The molecule has 2 heterocycles. The van der Waals surface area contributed by atoms with Gasteiger partial charge in [-0.05, 0) is 25.1 Å². The number of amides is 1. The maximum absolute atomic E-state index is 11.4. The summed E-state index contributed by atoms with van der Waals surface area (Å²) in [6, 6.07) is 5.25. The minimum absolute atomic E-state index is 0.244. The van der Waals surface area contributed by atoms with Gasteiger partial charge in [0.2, 0.25) is 0 Å². The minimum atomic E-state index is -0.244. The monoisotopic (exact) mass is 217 g/mol. The molecule has 0 spiro atoms. The average molecular weight is 217 g/mol. The first kappa shape index (κ1) is 10.4. The standard InChI is InChI=1S/C11H11N3O2/c1-7-3-4-10(16-7)8-5-9(11(15)12-2)14-6-13-8/h3-6H,1-2H3,(H,12,15). The third-order valence-electron chi connectivity index (χ3n) is 2.12. The molecule has 0 aromatic carbocycles. The SMILES string of the molecule is CNC(=O)c1cc(-c2ccc(C)o2)ncn1. The van der Waals surface area contributed by atoms with Gasteiger partial charge in [-0.1, -0.05) is 0 Å². The van der Waals surface area contributed by atoms with Crippen molar-refractivity contribution < 1.29 is 9.21 Å². The number of carbonyl (C=O) groups is 1. The first-order chi connectivity index (χ1) is 7.70. The fraction of sp³-hybridized carbons (Fsp3) is 0.182. The van der Waals surface area contributed by atoms with E-state index >= 15 is 0 Å². The van der Waals surface area contributed by atoms with Gasteiger partial charge in [-0.2, -0.15) is 0 Å². The topological polar surface area (TPSA) is 68.0 Å². The van der Waals surface area contributed by atoms with Crippen LogP contribution in [0.25, 0.3) is 11.5 Å². The van der Waals surface area contributed by atoms with Crippen LogP contribution in [0.5, 0.6) is 0 Å². The number of rotatable bonds is 2. The molecule has 0 aliphatic heterocycles. The second-order valence-electron chi connectivity index (χ2n) is 3.28. The molecule has 0 aliphatic carbocycles. The van der Waals surface area contributed by atoms with Crippen molar-refractivity contribution in [3.05, 3.63) is 36.0 Å². The quantitative estimate of drug-likeness (QED) is 0.825. The number of hydrogen-bond donors (Lipinski definition) is 1. The van der Waals surface area contributed by atoms with Crippen LogP contribution in [0.1, 0.15) is 16.2 Å². The van der Waals surface area contributed by atoms with Crippen molar-refractivity contribution in [3.63, 3.8) is 0 Å². The van der Waals surface area contributed by atoms with E-state index < -0.39 is 0 Å². The fourth-order valence-electron chi connectivity index (χ4n) is 1.32. The van der Waals surface area contributed by atoms with Crippen LogP contribution in [0.2, 0.25) is 0 Å². The van der Waals surface area contributed by atoms with Gasteiger partial charge in [-0.25, -0.2) is 9.97 Å². The third kappa shape index (κ3) is 1.93. The highest BCUT2D eigenvalue weighted by molar-refractivity contribution is 5.92. The molecule has 2 rings (SSSR count). The highest BCUT2D eigenvalue weighted by atomic mass is 16.3. The van der Waals surface area contributed by atoms with Gasteiger partial charge in [-0.15, -0.1) is 0 Å².